The van der Waals surface area contributed by atoms with Gasteiger partial charge in [-0.2, -0.15) is 0 Å². The first-order valence-corrected chi connectivity index (χ1v) is 8.22. The Balaban J connectivity index is 2.14. The molecule has 1 atom stereocenters. The lowest BCUT2D eigenvalue weighted by Crippen LogP contribution is -2.59. The fraction of sp³-hybridized carbons (Fsp3) is 0.643. The van der Waals surface area contributed by atoms with Crippen LogP contribution in [0.3, 0.4) is 0 Å². The Morgan fingerprint density at radius 3 is 2.86 bits per heavy atom. The number of nitrogens with zero attached hydrogens (tertiary/aromatic N) is 1. The van der Waals surface area contributed by atoms with Crippen LogP contribution < -0.4 is 16.6 Å². The average molecular weight is 310 g/mol. The first-order chi connectivity index (χ1) is 9.98. The summed E-state index contributed by atoms with van der Waals surface area (Å²) in [7, 11) is 0. The smallest absolute Gasteiger partial charge is 0.251 e. The zero-order valence-electron chi connectivity index (χ0n) is 12.4. The molecule has 1 aliphatic carbocycles. The molecule has 1 fully saturated rings. The van der Waals surface area contributed by atoms with Crippen LogP contribution in [0, 0.1) is 12.8 Å². The van der Waals surface area contributed by atoms with Crippen molar-refractivity contribution >= 4 is 17.7 Å². The van der Waals surface area contributed by atoms with E-state index in [-0.39, 0.29) is 17.4 Å². The number of hydrogen-bond donors (Lipinski definition) is 3. The highest BCUT2D eigenvalue weighted by Gasteiger charge is 2.49. The van der Waals surface area contributed by atoms with Crippen molar-refractivity contribution in [3.63, 3.8) is 0 Å². The van der Waals surface area contributed by atoms with Crippen LogP contribution >= 0.6 is 11.8 Å². The van der Waals surface area contributed by atoms with E-state index in [0.717, 1.165) is 25.8 Å². The van der Waals surface area contributed by atoms with E-state index in [2.05, 4.69) is 22.2 Å². The summed E-state index contributed by atoms with van der Waals surface area (Å²) in [5.74, 6) is 0.450. The molecule has 0 aliphatic heterocycles. The summed E-state index contributed by atoms with van der Waals surface area (Å²) in [5.41, 5.74) is 5.45. The van der Waals surface area contributed by atoms with Gasteiger partial charge in [0.1, 0.15) is 5.54 Å². The lowest BCUT2D eigenvalue weighted by molar-refractivity contribution is -0.124. The van der Waals surface area contributed by atoms with Crippen LogP contribution in [0.25, 0.3) is 0 Å². The van der Waals surface area contributed by atoms with Crippen LogP contribution in [0.15, 0.2) is 16.0 Å². The number of amides is 1. The van der Waals surface area contributed by atoms with Crippen LogP contribution in [0.1, 0.15) is 31.9 Å². The molecule has 4 N–H and O–H groups in total. The van der Waals surface area contributed by atoms with E-state index in [1.807, 2.05) is 0 Å². The molecular formula is C14H22N4O2S. The first-order valence-electron chi connectivity index (χ1n) is 7.23. The number of aromatic nitrogens is 2. The molecule has 1 aliphatic rings. The quantitative estimate of drug-likeness (QED) is 0.487. The maximum Gasteiger partial charge on any atom is 0.251 e. The van der Waals surface area contributed by atoms with E-state index in [1.165, 1.54) is 17.8 Å². The van der Waals surface area contributed by atoms with E-state index in [1.54, 1.807) is 6.92 Å². The van der Waals surface area contributed by atoms with Crippen LogP contribution in [-0.2, 0) is 4.79 Å². The lowest BCUT2D eigenvalue weighted by atomic mass is 9.94. The fourth-order valence-corrected chi connectivity index (χ4v) is 3.62. The molecular weight excluding hydrogens is 288 g/mol. The molecule has 0 bridgehead atoms. The summed E-state index contributed by atoms with van der Waals surface area (Å²) in [6.07, 6.45) is 2.96. The van der Waals surface area contributed by atoms with Crippen LogP contribution in [-0.4, -0.2) is 33.7 Å². The highest BCUT2D eigenvalue weighted by molar-refractivity contribution is 7.99. The molecule has 1 heterocycles. The minimum Gasteiger partial charge on any atom is -0.368 e. The third-order valence-electron chi connectivity index (χ3n) is 3.69. The number of aromatic amines is 1. The largest absolute Gasteiger partial charge is 0.368 e. The number of thioether (sulfide) groups is 1. The summed E-state index contributed by atoms with van der Waals surface area (Å²) >= 11 is 1.37. The molecule has 1 saturated carbocycles. The maximum absolute atomic E-state index is 12.0. The SMILES string of the molecule is CCCNC(CSc1nc(C)cc(=O)[nH]1)(C(N)=O)C1CC1. The number of H-pyrrole nitrogens is 1. The van der Waals surface area contributed by atoms with Crippen LogP contribution in [0.2, 0.25) is 0 Å². The number of carbonyl (C=O) groups excluding carboxylic acids is 1. The van der Waals surface area contributed by atoms with Gasteiger partial charge >= 0.3 is 0 Å². The second-order valence-corrected chi connectivity index (χ2v) is 6.48. The molecule has 21 heavy (non-hydrogen) atoms. The number of hydrogen-bond acceptors (Lipinski definition) is 5. The van der Waals surface area contributed by atoms with Gasteiger partial charge in [0.2, 0.25) is 5.91 Å². The lowest BCUT2D eigenvalue weighted by Gasteiger charge is -2.31. The van der Waals surface area contributed by atoms with Gasteiger partial charge in [-0.15, -0.1) is 0 Å². The molecule has 1 aromatic rings. The molecule has 116 valence electrons. The zero-order chi connectivity index (χ0) is 15.5. The number of nitrogens with one attached hydrogen (secondary N) is 2. The zero-order valence-corrected chi connectivity index (χ0v) is 13.3. The number of nitrogens with two attached hydrogens (primary N) is 1. The van der Waals surface area contributed by atoms with Gasteiger partial charge in [0.05, 0.1) is 0 Å². The van der Waals surface area contributed by atoms with Gasteiger partial charge in [0.15, 0.2) is 5.16 Å². The summed E-state index contributed by atoms with van der Waals surface area (Å²) in [6.45, 7) is 4.58. The summed E-state index contributed by atoms with van der Waals surface area (Å²) in [4.78, 5) is 30.5. The van der Waals surface area contributed by atoms with Crippen molar-refractivity contribution in [3.05, 3.63) is 22.1 Å². The molecule has 2 rings (SSSR count). The highest BCUT2D eigenvalue weighted by Crippen LogP contribution is 2.42. The number of primary amides is 1. The molecule has 0 radical (unpaired) electrons. The predicted octanol–water partition coefficient (Wildman–Crippen LogP) is 0.804. The third-order valence-corrected chi connectivity index (χ3v) is 4.76. The van der Waals surface area contributed by atoms with Gasteiger partial charge in [-0.25, -0.2) is 4.98 Å². The topological polar surface area (TPSA) is 101 Å². The Kier molecular flexibility index (Phi) is 5.05. The standard InChI is InChI=1S/C14H22N4O2S/c1-3-6-16-14(12(15)20,10-4-5-10)8-21-13-17-9(2)7-11(19)18-13/h7,10,16H,3-6,8H2,1-2H3,(H2,15,20)(H,17,18,19). The Morgan fingerprint density at radius 2 is 2.33 bits per heavy atom. The second kappa shape index (κ2) is 6.62. The molecule has 1 amide bonds. The minimum atomic E-state index is -0.705. The molecule has 7 heteroatoms. The Hall–Kier alpha value is -1.34. The molecule has 6 nitrogen and oxygen atoms in total. The van der Waals surface area contributed by atoms with E-state index in [0.29, 0.717) is 16.6 Å². The van der Waals surface area contributed by atoms with E-state index in [9.17, 15) is 9.59 Å². The van der Waals surface area contributed by atoms with Gasteiger partial charge in [-0.1, -0.05) is 18.7 Å². The number of rotatable bonds is 8. The van der Waals surface area contributed by atoms with E-state index >= 15 is 0 Å². The molecule has 1 unspecified atom stereocenters. The predicted molar refractivity (Wildman–Crippen MR) is 83.3 cm³/mol. The van der Waals surface area contributed by atoms with Gasteiger partial charge in [0.25, 0.3) is 5.56 Å². The maximum atomic E-state index is 12.0. The monoisotopic (exact) mass is 310 g/mol. The van der Waals surface area contributed by atoms with Crippen molar-refractivity contribution in [1.29, 1.82) is 0 Å². The second-order valence-electron chi connectivity index (χ2n) is 5.52. The van der Waals surface area contributed by atoms with Gasteiger partial charge in [-0.05, 0) is 38.6 Å². The van der Waals surface area contributed by atoms with Crippen molar-refractivity contribution in [3.8, 4) is 0 Å². The Labute approximate surface area is 128 Å². The summed E-state index contributed by atoms with van der Waals surface area (Å²) in [6, 6.07) is 1.45. The van der Waals surface area contributed by atoms with Crippen molar-refractivity contribution in [2.75, 3.05) is 12.3 Å². The molecule has 0 aromatic carbocycles. The Morgan fingerprint density at radius 1 is 1.62 bits per heavy atom. The van der Waals surface area contributed by atoms with Crippen LogP contribution in [0.4, 0.5) is 0 Å². The average Bonchev–Trinajstić information content (AvgIpc) is 3.22. The normalized spacial score (nSPS) is 17.4. The molecule has 0 spiro atoms. The minimum absolute atomic E-state index is 0.178. The van der Waals surface area contributed by atoms with Gasteiger partial charge in [0, 0.05) is 17.5 Å². The van der Waals surface area contributed by atoms with E-state index < -0.39 is 5.54 Å². The van der Waals surface area contributed by atoms with Crippen molar-refractivity contribution < 1.29 is 4.79 Å². The summed E-state index contributed by atoms with van der Waals surface area (Å²) in [5, 5.41) is 3.86. The molecule has 1 aromatic heterocycles. The van der Waals surface area contributed by atoms with Crippen molar-refractivity contribution in [2.24, 2.45) is 11.7 Å². The number of carbonyl (C=O) groups is 1. The fourth-order valence-electron chi connectivity index (χ4n) is 2.40. The van der Waals surface area contributed by atoms with Gasteiger partial charge < -0.3 is 16.0 Å². The van der Waals surface area contributed by atoms with Gasteiger partial charge in [-0.3, -0.25) is 9.59 Å². The highest BCUT2D eigenvalue weighted by atomic mass is 32.2. The van der Waals surface area contributed by atoms with Crippen molar-refractivity contribution in [1.82, 2.24) is 15.3 Å². The Bertz CT molecular complexity index is 570. The number of aryl methyl sites for hydroxylation is 1. The van der Waals surface area contributed by atoms with E-state index in [4.69, 9.17) is 5.73 Å². The third kappa shape index (κ3) is 3.85. The first kappa shape index (κ1) is 16.0. The van der Waals surface area contributed by atoms with Crippen molar-refractivity contribution in [2.45, 2.75) is 43.8 Å². The summed E-state index contributed by atoms with van der Waals surface area (Å²) < 4.78 is 0. The van der Waals surface area contributed by atoms with Crippen LogP contribution in [0.5, 0.6) is 0 Å². The molecule has 0 saturated heterocycles.